The van der Waals surface area contributed by atoms with Crippen LogP contribution in [0.2, 0.25) is 0 Å². The third-order valence-electron chi connectivity index (χ3n) is 10.8. The van der Waals surface area contributed by atoms with E-state index in [0.29, 0.717) is 13.1 Å². The first-order valence-electron chi connectivity index (χ1n) is 22.4. The number of benzene rings is 8. The first kappa shape index (κ1) is 46.8. The smallest absolute Gasteiger partial charge is 0.136 e. The van der Waals surface area contributed by atoms with Crippen molar-refractivity contribution in [2.45, 2.75) is 47.2 Å². The normalized spacial score (nSPS) is 10.9. The number of nitrogens with zero attached hydrogens (tertiary/aromatic N) is 3. The molecule has 0 radical (unpaired) electrons. The number of aliphatic imine (C=N–C) groups is 3. The molecule has 4 nitrogen and oxygen atoms in total. The molecule has 9 rings (SSSR count). The van der Waals surface area contributed by atoms with Crippen molar-refractivity contribution in [3.63, 3.8) is 0 Å². The monoisotopic (exact) mass is 849 g/mol. The van der Waals surface area contributed by atoms with Crippen LogP contribution in [0.5, 0.6) is 0 Å². The van der Waals surface area contributed by atoms with E-state index in [4.69, 9.17) is 4.42 Å². The average molecular weight is 850 g/mol. The van der Waals surface area contributed by atoms with Crippen LogP contribution in [0, 0.1) is 0 Å². The standard InChI is InChI=1S/C36H25NO.C14H13N.C9H15N.C2H6/c1-37-23-24-7-4-10-25(17-24)26-11-5-12-27(18-26)28-13-6-14-29(19-28)32-15-16-35-33(21-32)34-20-30-8-2-3-9-31(30)22-36(34)38-35;1-15-11-12-7-9-14(10-8-12)13-5-3-2-4-6-13;1-4-6-9(7-5-2)8-10-3;1-2/h2-22H,1,23H2;2-10H,1,11H2;4,6-7H,3,5,8H2,1-2H3;1-2H3/b;;6-4-,9-7+;. The van der Waals surface area contributed by atoms with E-state index in [2.05, 4.69) is 230 Å². The van der Waals surface area contributed by atoms with E-state index >= 15 is 0 Å². The Morgan fingerprint density at radius 3 is 1.54 bits per heavy atom. The summed E-state index contributed by atoms with van der Waals surface area (Å²) < 4.78 is 6.21. The zero-order valence-corrected chi connectivity index (χ0v) is 38.3. The largest absolute Gasteiger partial charge is 0.456 e. The summed E-state index contributed by atoms with van der Waals surface area (Å²) >= 11 is 0. The molecule has 9 aromatic rings. The average Bonchev–Trinajstić information content (AvgIpc) is 3.72. The predicted molar refractivity (Wildman–Crippen MR) is 285 cm³/mol. The Morgan fingerprint density at radius 1 is 0.462 bits per heavy atom. The summed E-state index contributed by atoms with van der Waals surface area (Å²) in [4.78, 5) is 11.7. The maximum Gasteiger partial charge on any atom is 0.136 e. The van der Waals surface area contributed by atoms with Crippen LogP contribution in [0.15, 0.2) is 225 Å². The Balaban J connectivity index is 0.000000213. The molecule has 0 saturated carbocycles. The topological polar surface area (TPSA) is 50.2 Å². The van der Waals surface area contributed by atoms with Gasteiger partial charge in [-0.1, -0.05) is 179 Å². The summed E-state index contributed by atoms with van der Waals surface area (Å²) in [6.07, 6.45) is 7.31. The van der Waals surface area contributed by atoms with Crippen molar-refractivity contribution >= 4 is 52.9 Å². The SMILES string of the molecule is C=NCC(/C=C\C)=C/CC.C=NCc1ccc(-c2ccccc2)cc1.C=NCc1cccc(-c2cccc(-c3cccc(-c4ccc5oc6cc7ccccc7cc6c5c4)c3)c2)c1.CC. The van der Waals surface area contributed by atoms with E-state index in [9.17, 15) is 0 Å². The first-order valence-corrected chi connectivity index (χ1v) is 22.4. The van der Waals surface area contributed by atoms with Crippen LogP contribution in [0.3, 0.4) is 0 Å². The van der Waals surface area contributed by atoms with E-state index in [1.54, 1.807) is 0 Å². The lowest BCUT2D eigenvalue weighted by atomic mass is 9.95. The molecular formula is C61H59N3O. The number of furan rings is 1. The fourth-order valence-electron chi connectivity index (χ4n) is 7.73. The molecule has 0 spiro atoms. The quantitative estimate of drug-likeness (QED) is 0.0892. The van der Waals surface area contributed by atoms with Gasteiger partial charge in [-0.25, -0.2) is 0 Å². The van der Waals surface area contributed by atoms with Crippen molar-refractivity contribution in [2.24, 2.45) is 15.0 Å². The molecule has 0 amide bonds. The van der Waals surface area contributed by atoms with Gasteiger partial charge in [0.05, 0.1) is 19.6 Å². The summed E-state index contributed by atoms with van der Waals surface area (Å²) in [6, 6.07) is 64.1. The highest BCUT2D eigenvalue weighted by atomic mass is 16.3. The van der Waals surface area contributed by atoms with E-state index in [1.807, 2.05) is 32.9 Å². The second-order valence-corrected chi connectivity index (χ2v) is 15.3. The minimum atomic E-state index is 0.627. The molecule has 1 heterocycles. The van der Waals surface area contributed by atoms with Gasteiger partial charge in [-0.2, -0.15) is 0 Å². The molecule has 0 aliphatic rings. The zero-order valence-electron chi connectivity index (χ0n) is 38.3. The lowest BCUT2D eigenvalue weighted by Gasteiger charge is -2.09. The molecular weight excluding hydrogens is 791 g/mol. The van der Waals surface area contributed by atoms with Crippen molar-refractivity contribution in [3.05, 3.63) is 217 Å². The Kier molecular flexibility index (Phi) is 17.5. The van der Waals surface area contributed by atoms with Gasteiger partial charge in [-0.15, -0.1) is 0 Å². The first-order chi connectivity index (χ1) is 32.0. The second-order valence-electron chi connectivity index (χ2n) is 15.3. The maximum absolute atomic E-state index is 6.21. The molecule has 0 atom stereocenters. The molecule has 0 unspecified atom stereocenters. The van der Waals surface area contributed by atoms with Crippen LogP contribution >= 0.6 is 0 Å². The fraction of sp³-hybridized carbons (Fsp3) is 0.131. The number of hydrogen-bond donors (Lipinski definition) is 0. The Morgan fingerprint density at radius 2 is 0.954 bits per heavy atom. The number of hydrogen-bond acceptors (Lipinski definition) is 4. The lowest BCUT2D eigenvalue weighted by molar-refractivity contribution is 0.669. The van der Waals surface area contributed by atoms with Crippen LogP contribution in [0.25, 0.3) is 77.2 Å². The Labute approximate surface area is 385 Å². The van der Waals surface area contributed by atoms with Crippen LogP contribution in [-0.2, 0) is 13.1 Å². The molecule has 65 heavy (non-hydrogen) atoms. The van der Waals surface area contributed by atoms with Gasteiger partial charge < -0.3 is 4.42 Å². The fourth-order valence-corrected chi connectivity index (χ4v) is 7.73. The van der Waals surface area contributed by atoms with Crippen molar-refractivity contribution in [1.29, 1.82) is 0 Å². The summed E-state index contributed by atoms with van der Waals surface area (Å²) in [7, 11) is 0. The van der Waals surface area contributed by atoms with Crippen LogP contribution in [0.1, 0.15) is 45.2 Å². The highest BCUT2D eigenvalue weighted by molar-refractivity contribution is 6.11. The lowest BCUT2D eigenvalue weighted by Crippen LogP contribution is -1.85. The number of allylic oxidation sites excluding steroid dienone is 2. The molecule has 0 fully saturated rings. The van der Waals surface area contributed by atoms with Gasteiger partial charge in [0.1, 0.15) is 11.2 Å². The molecule has 1 aromatic heterocycles. The maximum atomic E-state index is 6.21. The minimum Gasteiger partial charge on any atom is -0.456 e. The van der Waals surface area contributed by atoms with Crippen LogP contribution < -0.4 is 0 Å². The molecule has 4 heteroatoms. The summed E-state index contributed by atoms with van der Waals surface area (Å²) in [6.45, 7) is 20.7. The van der Waals surface area contributed by atoms with Gasteiger partial charge in [0.2, 0.25) is 0 Å². The van der Waals surface area contributed by atoms with Crippen LogP contribution in [0.4, 0.5) is 0 Å². The van der Waals surface area contributed by atoms with Crippen LogP contribution in [-0.4, -0.2) is 26.7 Å². The van der Waals surface area contributed by atoms with Crippen molar-refractivity contribution in [2.75, 3.05) is 6.54 Å². The highest BCUT2D eigenvalue weighted by Gasteiger charge is 2.11. The minimum absolute atomic E-state index is 0.627. The van der Waals surface area contributed by atoms with Crippen molar-refractivity contribution in [3.8, 4) is 44.5 Å². The van der Waals surface area contributed by atoms with E-state index in [1.165, 1.54) is 72.0 Å². The third kappa shape index (κ3) is 12.5. The van der Waals surface area contributed by atoms with Gasteiger partial charge >= 0.3 is 0 Å². The molecule has 324 valence electrons. The Bertz CT molecular complexity index is 3030. The van der Waals surface area contributed by atoms with Gasteiger partial charge in [-0.05, 0) is 148 Å². The molecule has 0 N–H and O–H groups in total. The van der Waals surface area contributed by atoms with E-state index in [0.717, 1.165) is 34.9 Å². The predicted octanol–water partition coefficient (Wildman–Crippen LogP) is 17.1. The summed E-state index contributed by atoms with van der Waals surface area (Å²) in [5, 5.41) is 4.71. The van der Waals surface area contributed by atoms with E-state index < -0.39 is 0 Å². The zero-order chi connectivity index (χ0) is 45.8. The second kappa shape index (κ2) is 24.2. The third-order valence-corrected chi connectivity index (χ3v) is 10.8. The molecule has 0 saturated heterocycles. The van der Waals surface area contributed by atoms with Gasteiger partial charge in [0.25, 0.3) is 0 Å². The molecule has 0 aliphatic carbocycles. The highest BCUT2D eigenvalue weighted by Crippen LogP contribution is 2.36. The summed E-state index contributed by atoms with van der Waals surface area (Å²) in [5.74, 6) is 0. The van der Waals surface area contributed by atoms with Crippen molar-refractivity contribution < 1.29 is 4.42 Å². The van der Waals surface area contributed by atoms with Crippen molar-refractivity contribution in [1.82, 2.24) is 0 Å². The van der Waals surface area contributed by atoms with Gasteiger partial charge in [0.15, 0.2) is 0 Å². The van der Waals surface area contributed by atoms with E-state index in [-0.39, 0.29) is 0 Å². The number of rotatable bonds is 12. The van der Waals surface area contributed by atoms with Gasteiger partial charge in [-0.3, -0.25) is 15.0 Å². The molecule has 8 aromatic carbocycles. The Hall–Kier alpha value is -7.69. The van der Waals surface area contributed by atoms with Gasteiger partial charge in [0, 0.05) is 10.8 Å². The summed E-state index contributed by atoms with van der Waals surface area (Å²) in [5.41, 5.74) is 15.1. The molecule has 0 aliphatic heterocycles. The molecule has 0 bridgehead atoms. The number of fused-ring (bicyclic) bond motifs is 4.